The molecule has 1 aliphatic carbocycles. The van der Waals surface area contributed by atoms with Gasteiger partial charge in [0.15, 0.2) is 8.24 Å². The zero-order chi connectivity index (χ0) is 15.2. The summed E-state index contributed by atoms with van der Waals surface area (Å²) in [5, 5.41) is 1.31. The summed E-state index contributed by atoms with van der Waals surface area (Å²) in [4.78, 5) is 4.94. The standard InChI is InChI=1S/C14H23N2Si.CH3.2ClH.Cr/c1-16(2)17(3,4)14-11-7-10-13(15-14)12-8-5-6-9-12;;;;/h7-8,10-12H,5-6,9H2,1-4H3;1H3;2*1H;/q2*-1;;;+2/p-2. The van der Waals surface area contributed by atoms with Crippen LogP contribution in [0.5, 0.6) is 0 Å². The average Bonchev–Trinajstić information content (AvgIpc) is 2.93. The van der Waals surface area contributed by atoms with E-state index in [0.29, 0.717) is 5.92 Å². The van der Waals surface area contributed by atoms with Gasteiger partial charge in [0, 0.05) is 11.0 Å². The third kappa shape index (κ3) is 6.22. The fraction of sp³-hybridized carbons (Fsp3) is 0.533. The number of pyridine rings is 1. The van der Waals surface area contributed by atoms with Crippen molar-refractivity contribution in [1.82, 2.24) is 9.55 Å². The van der Waals surface area contributed by atoms with E-state index < -0.39 is 8.24 Å². The molecule has 6 heteroatoms. The van der Waals surface area contributed by atoms with E-state index in [9.17, 15) is 0 Å². The van der Waals surface area contributed by atoms with Gasteiger partial charge in [0.25, 0.3) is 0 Å². The summed E-state index contributed by atoms with van der Waals surface area (Å²) in [6, 6.07) is 6.57. The van der Waals surface area contributed by atoms with Crippen LogP contribution in [0.3, 0.4) is 0 Å². The molecule has 1 fully saturated rings. The normalized spacial score (nSPS) is 18.0. The van der Waals surface area contributed by atoms with Crippen molar-refractivity contribution in [2.24, 2.45) is 0 Å². The molecule has 1 unspecified atom stereocenters. The molecule has 21 heavy (non-hydrogen) atoms. The van der Waals surface area contributed by atoms with Crippen molar-refractivity contribution in [2.45, 2.75) is 38.3 Å². The molecule has 1 aliphatic rings. The summed E-state index contributed by atoms with van der Waals surface area (Å²) >= 11 is -0.181. The summed E-state index contributed by atoms with van der Waals surface area (Å²) in [5.41, 5.74) is 1.28. The van der Waals surface area contributed by atoms with Crippen LogP contribution in [0.2, 0.25) is 13.1 Å². The predicted molar refractivity (Wildman–Crippen MR) is 94.1 cm³/mol. The number of halogens is 2. The van der Waals surface area contributed by atoms with Crippen molar-refractivity contribution in [2.75, 3.05) is 14.1 Å². The molecule has 0 aliphatic heterocycles. The summed E-state index contributed by atoms with van der Waals surface area (Å²) in [6.45, 7) is 4.72. The first-order valence-corrected chi connectivity index (χ1v) is 13.3. The summed E-state index contributed by atoms with van der Waals surface area (Å²) in [7, 11) is 12.5. The molecule has 122 valence electrons. The Morgan fingerprint density at radius 1 is 1.33 bits per heavy atom. The van der Waals surface area contributed by atoms with Crippen molar-refractivity contribution in [3.63, 3.8) is 0 Å². The zero-order valence-corrected chi connectivity index (χ0v) is 17.4. The molecule has 1 saturated carbocycles. The van der Waals surface area contributed by atoms with Gasteiger partial charge in [0.2, 0.25) is 0 Å². The van der Waals surface area contributed by atoms with E-state index >= 15 is 0 Å². The minimum absolute atomic E-state index is 0. The molecule has 2 nitrogen and oxygen atoms in total. The van der Waals surface area contributed by atoms with E-state index in [2.05, 4.69) is 56.4 Å². The Bertz CT molecular complexity index is 410. The van der Waals surface area contributed by atoms with Crippen LogP contribution >= 0.6 is 20.1 Å². The maximum absolute atomic E-state index is 4.94. The van der Waals surface area contributed by atoms with Gasteiger partial charge in [-0.2, -0.15) is 6.42 Å². The average molecular weight is 385 g/mol. The molecule has 0 amide bonds. The molecule has 0 bridgehead atoms. The van der Waals surface area contributed by atoms with Gasteiger partial charge in [0.05, 0.1) is 0 Å². The van der Waals surface area contributed by atoms with Crippen molar-refractivity contribution in [1.29, 1.82) is 0 Å². The molecule has 1 heterocycles. The molecule has 0 aromatic carbocycles. The second-order valence-corrected chi connectivity index (χ2v) is 12.4. The topological polar surface area (TPSA) is 16.1 Å². The van der Waals surface area contributed by atoms with E-state index in [4.69, 9.17) is 25.1 Å². The molecule has 0 N–H and O–H groups in total. The second kappa shape index (κ2) is 10.3. The Labute approximate surface area is 146 Å². The Kier molecular flexibility index (Phi) is 10.5. The minimum atomic E-state index is -1.53. The monoisotopic (exact) mass is 384 g/mol. The predicted octanol–water partition coefficient (Wildman–Crippen LogP) is 4.35. The Morgan fingerprint density at radius 2 is 1.95 bits per heavy atom. The second-order valence-electron chi connectivity index (χ2n) is 5.73. The van der Waals surface area contributed by atoms with Crippen LogP contribution in [0.1, 0.15) is 30.9 Å². The van der Waals surface area contributed by atoms with E-state index in [-0.39, 0.29) is 20.8 Å². The van der Waals surface area contributed by atoms with Gasteiger partial charge in [-0.05, 0) is 26.2 Å². The van der Waals surface area contributed by atoms with Gasteiger partial charge >= 0.3 is 33.5 Å². The number of rotatable bonds is 3. The molecule has 0 radical (unpaired) electrons. The Hall–Kier alpha value is 0.439. The Balaban J connectivity index is 0.000000922. The fourth-order valence-corrected chi connectivity index (χ4v) is 3.64. The molecule has 1 aromatic heterocycles. The summed E-state index contributed by atoms with van der Waals surface area (Å²) < 4.78 is 2.36. The number of hydrogen-bond acceptors (Lipinski definition) is 2. The van der Waals surface area contributed by atoms with Crippen LogP contribution in [0.4, 0.5) is 0 Å². The SMILES string of the molecule is CN(C)[Si](C)(C)c1cccc(C2[CH-]CCC2)n1.[CH3-].[Cl][Cr][Cl]. The van der Waals surface area contributed by atoms with E-state index in [1.165, 1.54) is 30.3 Å². The molecule has 0 spiro atoms. The maximum atomic E-state index is 4.94. The van der Waals surface area contributed by atoms with Crippen LogP contribution < -0.4 is 5.32 Å². The number of hydrogen-bond donors (Lipinski definition) is 0. The van der Waals surface area contributed by atoms with Gasteiger partial charge in [-0.25, -0.2) is 0 Å². The van der Waals surface area contributed by atoms with Gasteiger partial charge in [-0.1, -0.05) is 32.0 Å². The van der Waals surface area contributed by atoms with Gasteiger partial charge in [-0.15, -0.1) is 5.92 Å². The third-order valence-electron chi connectivity index (χ3n) is 4.07. The first-order chi connectivity index (χ1) is 9.43. The summed E-state index contributed by atoms with van der Waals surface area (Å²) in [6.07, 6.45) is 6.28. The van der Waals surface area contributed by atoms with E-state index in [1.807, 2.05) is 0 Å². The molecule has 1 atom stereocenters. The third-order valence-corrected chi connectivity index (χ3v) is 7.83. The fourth-order valence-electron chi connectivity index (χ4n) is 2.27. The molecule has 1 aromatic rings. The van der Waals surface area contributed by atoms with Crippen LogP contribution in [0, 0.1) is 13.8 Å². The van der Waals surface area contributed by atoms with Gasteiger partial charge in [0.1, 0.15) is 0 Å². The van der Waals surface area contributed by atoms with E-state index in [1.54, 1.807) is 0 Å². The summed E-state index contributed by atoms with van der Waals surface area (Å²) in [5.74, 6) is 0.599. The molecule has 2 rings (SSSR count). The van der Waals surface area contributed by atoms with Crippen molar-refractivity contribution in [3.05, 3.63) is 37.7 Å². The molecular weight excluding hydrogens is 359 g/mol. The number of nitrogens with zero attached hydrogens (tertiary/aromatic N) is 2. The van der Waals surface area contributed by atoms with Crippen LogP contribution in [-0.2, 0) is 13.4 Å². The van der Waals surface area contributed by atoms with Crippen molar-refractivity contribution in [3.8, 4) is 0 Å². The quantitative estimate of drug-likeness (QED) is 0.568. The number of aromatic nitrogens is 1. The van der Waals surface area contributed by atoms with E-state index in [0.717, 1.165) is 0 Å². The van der Waals surface area contributed by atoms with Gasteiger partial charge < -0.3 is 18.4 Å². The van der Waals surface area contributed by atoms with Crippen molar-refractivity contribution >= 4 is 33.7 Å². The molecular formula is C15H26Cl2CrN2Si-2. The first-order valence-electron chi connectivity index (χ1n) is 6.81. The van der Waals surface area contributed by atoms with Crippen LogP contribution in [0.25, 0.3) is 0 Å². The van der Waals surface area contributed by atoms with Crippen LogP contribution in [-0.4, -0.2) is 31.9 Å². The zero-order valence-electron chi connectivity index (χ0n) is 13.6. The van der Waals surface area contributed by atoms with Crippen LogP contribution in [0.15, 0.2) is 18.2 Å². The molecule has 0 saturated heterocycles. The Morgan fingerprint density at radius 3 is 2.43 bits per heavy atom. The van der Waals surface area contributed by atoms with Gasteiger partial charge in [-0.3, -0.25) is 4.98 Å². The first kappa shape index (κ1) is 21.4. The van der Waals surface area contributed by atoms with Crippen molar-refractivity contribution < 1.29 is 13.4 Å².